The topological polar surface area (TPSA) is 0 Å². The van der Waals surface area contributed by atoms with Crippen LogP contribution < -0.4 is 0 Å². The van der Waals surface area contributed by atoms with E-state index in [1.807, 2.05) is 0 Å². The first-order valence-corrected chi connectivity index (χ1v) is 4.62. The van der Waals surface area contributed by atoms with E-state index in [9.17, 15) is 26.3 Å². The smallest absolute Gasteiger partial charge is 0.204 e. The van der Waals surface area contributed by atoms with Crippen molar-refractivity contribution in [3.8, 4) is 0 Å². The molecule has 0 atom stereocenters. The predicted molar refractivity (Wildman–Crippen MR) is 55.1 cm³/mol. The van der Waals surface area contributed by atoms with Gasteiger partial charge in [-0.1, -0.05) is 30.3 Å². The molecule has 0 heterocycles. The standard InChI is InChI=1S/C12H6F6/c13-8(6-9(14)15)11(16)10(12(17)18)7-4-2-1-3-5-7/h1-6H. The van der Waals surface area contributed by atoms with Gasteiger partial charge in [-0.2, -0.15) is 17.6 Å². The van der Waals surface area contributed by atoms with Crippen molar-refractivity contribution >= 4 is 5.57 Å². The van der Waals surface area contributed by atoms with Crippen molar-refractivity contribution in [2.24, 2.45) is 0 Å². The van der Waals surface area contributed by atoms with E-state index >= 15 is 0 Å². The molecule has 1 rings (SSSR count). The summed E-state index contributed by atoms with van der Waals surface area (Å²) in [5.74, 6) is -4.09. The first-order valence-electron chi connectivity index (χ1n) is 4.62. The van der Waals surface area contributed by atoms with Crippen LogP contribution in [0.1, 0.15) is 5.56 Å². The number of halogens is 6. The van der Waals surface area contributed by atoms with Crippen LogP contribution in [-0.2, 0) is 0 Å². The minimum Gasteiger partial charge on any atom is -0.204 e. The highest BCUT2D eigenvalue weighted by molar-refractivity contribution is 5.78. The molecular formula is C12H6F6. The second kappa shape index (κ2) is 6.09. The molecular weight excluding hydrogens is 258 g/mol. The van der Waals surface area contributed by atoms with Gasteiger partial charge in [-0.3, -0.25) is 0 Å². The van der Waals surface area contributed by atoms with Gasteiger partial charge in [0.05, 0.1) is 5.57 Å². The molecule has 6 heteroatoms. The van der Waals surface area contributed by atoms with Gasteiger partial charge in [0.25, 0.3) is 12.2 Å². The van der Waals surface area contributed by atoms with Crippen LogP contribution in [-0.4, -0.2) is 0 Å². The SMILES string of the molecule is FC(F)=CC(F)=C(F)C(=C(F)F)c1ccccc1. The summed E-state index contributed by atoms with van der Waals surface area (Å²) in [5, 5.41) is 0. The highest BCUT2D eigenvalue weighted by Crippen LogP contribution is 2.32. The molecule has 1 aromatic carbocycles. The lowest BCUT2D eigenvalue weighted by molar-refractivity contribution is 0.412. The van der Waals surface area contributed by atoms with Gasteiger partial charge in [0.1, 0.15) is 0 Å². The second-order valence-electron chi connectivity index (χ2n) is 3.10. The minimum absolute atomic E-state index is 0.308. The molecule has 0 saturated heterocycles. The molecule has 0 bridgehead atoms. The summed E-state index contributed by atoms with van der Waals surface area (Å²) in [6, 6.07) is 6.36. The largest absolute Gasteiger partial charge is 0.281 e. The van der Waals surface area contributed by atoms with Crippen LogP contribution in [0.4, 0.5) is 26.3 Å². The Morgan fingerprint density at radius 3 is 1.83 bits per heavy atom. The Kier molecular flexibility index (Phi) is 4.76. The van der Waals surface area contributed by atoms with Gasteiger partial charge in [-0.05, 0) is 5.56 Å². The fourth-order valence-corrected chi connectivity index (χ4v) is 1.20. The first kappa shape index (κ1) is 14.1. The maximum absolute atomic E-state index is 13.3. The van der Waals surface area contributed by atoms with Crippen molar-refractivity contribution < 1.29 is 26.3 Å². The van der Waals surface area contributed by atoms with Crippen LogP contribution in [0.25, 0.3) is 5.57 Å². The molecule has 0 radical (unpaired) electrons. The lowest BCUT2D eigenvalue weighted by Gasteiger charge is -2.04. The lowest BCUT2D eigenvalue weighted by Crippen LogP contribution is -1.89. The monoisotopic (exact) mass is 264 g/mol. The van der Waals surface area contributed by atoms with E-state index in [-0.39, 0.29) is 5.56 Å². The van der Waals surface area contributed by atoms with Crippen LogP contribution in [0.5, 0.6) is 0 Å². The van der Waals surface area contributed by atoms with Crippen LogP contribution in [0.15, 0.2) is 60.2 Å². The Morgan fingerprint density at radius 2 is 1.39 bits per heavy atom. The Morgan fingerprint density at radius 1 is 0.833 bits per heavy atom. The van der Waals surface area contributed by atoms with Crippen molar-refractivity contribution in [2.45, 2.75) is 0 Å². The molecule has 0 aromatic heterocycles. The van der Waals surface area contributed by atoms with Gasteiger partial charge >= 0.3 is 0 Å². The zero-order valence-electron chi connectivity index (χ0n) is 8.73. The van der Waals surface area contributed by atoms with Crippen molar-refractivity contribution in [1.82, 2.24) is 0 Å². The molecule has 0 fully saturated rings. The van der Waals surface area contributed by atoms with Gasteiger partial charge in [-0.25, -0.2) is 8.78 Å². The predicted octanol–water partition coefficient (Wildman–Crippen LogP) is 5.23. The van der Waals surface area contributed by atoms with E-state index in [4.69, 9.17) is 0 Å². The number of hydrogen-bond donors (Lipinski definition) is 0. The Hall–Kier alpha value is -1.98. The molecule has 0 N–H and O–H groups in total. The maximum Gasteiger partial charge on any atom is 0.281 e. The van der Waals surface area contributed by atoms with Gasteiger partial charge in [-0.15, -0.1) is 0 Å². The highest BCUT2D eigenvalue weighted by atomic mass is 19.3. The number of hydrogen-bond acceptors (Lipinski definition) is 0. The van der Waals surface area contributed by atoms with E-state index in [0.29, 0.717) is 0 Å². The summed E-state index contributed by atoms with van der Waals surface area (Å²) in [5.41, 5.74) is -1.65. The van der Waals surface area contributed by atoms with Gasteiger partial charge in [0.2, 0.25) is 0 Å². The Balaban J connectivity index is 3.34. The maximum atomic E-state index is 13.3. The molecule has 0 amide bonds. The summed E-state index contributed by atoms with van der Waals surface area (Å²) in [4.78, 5) is 0. The molecule has 0 saturated carbocycles. The fourth-order valence-electron chi connectivity index (χ4n) is 1.20. The number of allylic oxidation sites excluding steroid dienone is 4. The van der Waals surface area contributed by atoms with E-state index in [1.165, 1.54) is 18.2 Å². The molecule has 0 aliphatic carbocycles. The zero-order chi connectivity index (χ0) is 13.7. The third kappa shape index (κ3) is 3.51. The molecule has 96 valence electrons. The van der Waals surface area contributed by atoms with E-state index in [2.05, 4.69) is 0 Å². The third-order valence-electron chi connectivity index (χ3n) is 1.92. The van der Waals surface area contributed by atoms with Crippen molar-refractivity contribution in [1.29, 1.82) is 0 Å². The normalized spacial score (nSPS) is 11.7. The minimum atomic E-state index is -2.52. The van der Waals surface area contributed by atoms with Crippen LogP contribution in [0.3, 0.4) is 0 Å². The average molecular weight is 264 g/mol. The van der Waals surface area contributed by atoms with Crippen LogP contribution in [0, 0.1) is 0 Å². The zero-order valence-corrected chi connectivity index (χ0v) is 8.73. The lowest BCUT2D eigenvalue weighted by atomic mass is 10.1. The van der Waals surface area contributed by atoms with E-state index in [0.717, 1.165) is 12.1 Å². The average Bonchev–Trinajstić information content (AvgIpc) is 2.29. The molecule has 0 unspecified atom stereocenters. The summed E-state index contributed by atoms with van der Waals surface area (Å²) in [6.07, 6.45) is -5.47. The van der Waals surface area contributed by atoms with Crippen molar-refractivity contribution in [3.63, 3.8) is 0 Å². The number of rotatable bonds is 3. The second-order valence-corrected chi connectivity index (χ2v) is 3.10. The first-order chi connectivity index (χ1) is 8.43. The molecule has 0 spiro atoms. The van der Waals surface area contributed by atoms with Crippen LogP contribution >= 0.6 is 0 Å². The summed E-state index contributed by atoms with van der Waals surface area (Å²) in [6.45, 7) is 0. The molecule has 0 nitrogen and oxygen atoms in total. The quantitative estimate of drug-likeness (QED) is 0.518. The van der Waals surface area contributed by atoms with E-state index < -0.39 is 35.5 Å². The van der Waals surface area contributed by atoms with Gasteiger partial charge < -0.3 is 0 Å². The Labute approximate surface area is 98.5 Å². The summed E-state index contributed by atoms with van der Waals surface area (Å²) < 4.78 is 74.9. The fraction of sp³-hybridized carbons (Fsp3) is 0. The number of benzene rings is 1. The summed E-state index contributed by atoms with van der Waals surface area (Å²) >= 11 is 0. The van der Waals surface area contributed by atoms with Crippen LogP contribution in [0.2, 0.25) is 0 Å². The molecule has 18 heavy (non-hydrogen) atoms. The molecule has 1 aromatic rings. The molecule has 0 aliphatic rings. The van der Waals surface area contributed by atoms with Crippen molar-refractivity contribution in [2.75, 3.05) is 0 Å². The molecule has 0 aliphatic heterocycles. The van der Waals surface area contributed by atoms with Crippen molar-refractivity contribution in [3.05, 3.63) is 65.8 Å². The summed E-state index contributed by atoms with van der Waals surface area (Å²) in [7, 11) is 0. The van der Waals surface area contributed by atoms with Gasteiger partial charge in [0.15, 0.2) is 11.7 Å². The third-order valence-corrected chi connectivity index (χ3v) is 1.92. The van der Waals surface area contributed by atoms with E-state index in [1.54, 1.807) is 0 Å². The van der Waals surface area contributed by atoms with Gasteiger partial charge in [0, 0.05) is 6.08 Å². The Bertz CT molecular complexity index is 505. The highest BCUT2D eigenvalue weighted by Gasteiger charge is 2.19.